The number of benzene rings is 2. The normalized spacial score (nSPS) is 11.0. The standard InChI is InChI=1S/C16H17ClN2O4S/c1-10-8-14(9-11(2)15(10)23-3)24(21,22)19-16(20)18-13-6-4-12(17)5-7-13/h4-9H,1-3H3,(H2,18,19,20). The number of nitrogens with one attached hydrogen (secondary N) is 2. The summed E-state index contributed by atoms with van der Waals surface area (Å²) in [6.07, 6.45) is 0. The van der Waals surface area contributed by atoms with Crippen LogP contribution >= 0.6 is 11.6 Å². The van der Waals surface area contributed by atoms with E-state index in [2.05, 4.69) is 5.32 Å². The Kier molecular flexibility index (Phi) is 5.36. The summed E-state index contributed by atoms with van der Waals surface area (Å²) in [7, 11) is -2.49. The maximum atomic E-state index is 12.4. The first-order chi connectivity index (χ1) is 11.2. The predicted molar refractivity (Wildman–Crippen MR) is 93.3 cm³/mol. The molecule has 0 atom stereocenters. The topological polar surface area (TPSA) is 84.5 Å². The number of sulfonamides is 1. The lowest BCUT2D eigenvalue weighted by Crippen LogP contribution is -2.34. The molecule has 0 aromatic heterocycles. The van der Waals surface area contributed by atoms with Crippen LogP contribution in [-0.2, 0) is 10.0 Å². The number of carbonyl (C=O) groups is 1. The van der Waals surface area contributed by atoms with Crippen LogP contribution in [0.3, 0.4) is 0 Å². The highest BCUT2D eigenvalue weighted by Crippen LogP contribution is 2.26. The van der Waals surface area contributed by atoms with Gasteiger partial charge in [-0.15, -0.1) is 0 Å². The number of anilines is 1. The number of ether oxygens (including phenoxy) is 1. The fourth-order valence-electron chi connectivity index (χ4n) is 2.26. The van der Waals surface area contributed by atoms with E-state index in [4.69, 9.17) is 16.3 Å². The number of hydrogen-bond acceptors (Lipinski definition) is 4. The molecule has 0 unspecified atom stereocenters. The summed E-state index contributed by atoms with van der Waals surface area (Å²) in [5.74, 6) is 0.611. The maximum absolute atomic E-state index is 12.4. The fraction of sp³-hybridized carbons (Fsp3) is 0.188. The van der Waals surface area contributed by atoms with Crippen molar-refractivity contribution in [3.63, 3.8) is 0 Å². The molecule has 2 rings (SSSR count). The molecule has 0 saturated heterocycles. The quantitative estimate of drug-likeness (QED) is 0.865. The van der Waals surface area contributed by atoms with Crippen molar-refractivity contribution in [2.75, 3.05) is 12.4 Å². The van der Waals surface area contributed by atoms with Crippen molar-refractivity contribution in [2.45, 2.75) is 18.7 Å². The molecule has 0 spiro atoms. The first kappa shape index (κ1) is 18.1. The van der Waals surface area contributed by atoms with E-state index in [-0.39, 0.29) is 4.90 Å². The minimum Gasteiger partial charge on any atom is -0.496 e. The van der Waals surface area contributed by atoms with Gasteiger partial charge in [0, 0.05) is 10.7 Å². The van der Waals surface area contributed by atoms with Crippen LogP contribution in [0, 0.1) is 13.8 Å². The third-order valence-electron chi connectivity index (χ3n) is 3.28. The van der Waals surface area contributed by atoms with Gasteiger partial charge in [-0.05, 0) is 61.4 Å². The number of urea groups is 1. The minimum atomic E-state index is -4.00. The zero-order chi connectivity index (χ0) is 17.9. The molecule has 0 aliphatic rings. The van der Waals surface area contributed by atoms with Gasteiger partial charge in [0.25, 0.3) is 10.0 Å². The van der Waals surface area contributed by atoms with Crippen LogP contribution in [0.4, 0.5) is 10.5 Å². The van der Waals surface area contributed by atoms with Gasteiger partial charge in [-0.3, -0.25) is 0 Å². The highest BCUT2D eigenvalue weighted by atomic mass is 35.5. The van der Waals surface area contributed by atoms with Gasteiger partial charge in [0.05, 0.1) is 12.0 Å². The summed E-state index contributed by atoms with van der Waals surface area (Å²) in [5.41, 5.74) is 1.75. The van der Waals surface area contributed by atoms with Crippen molar-refractivity contribution < 1.29 is 17.9 Å². The monoisotopic (exact) mass is 368 g/mol. The van der Waals surface area contributed by atoms with Gasteiger partial charge >= 0.3 is 6.03 Å². The molecule has 6 nitrogen and oxygen atoms in total. The van der Waals surface area contributed by atoms with Gasteiger partial charge in [0.1, 0.15) is 5.75 Å². The average molecular weight is 369 g/mol. The summed E-state index contributed by atoms with van der Waals surface area (Å²) in [6.45, 7) is 3.47. The lowest BCUT2D eigenvalue weighted by atomic mass is 10.1. The van der Waals surface area contributed by atoms with E-state index in [9.17, 15) is 13.2 Å². The third kappa shape index (κ3) is 4.18. The molecule has 0 aliphatic carbocycles. The third-order valence-corrected chi connectivity index (χ3v) is 4.84. The maximum Gasteiger partial charge on any atom is 0.333 e. The van der Waals surface area contributed by atoms with Gasteiger partial charge in [-0.2, -0.15) is 0 Å². The molecule has 0 aliphatic heterocycles. The Bertz CT molecular complexity index is 841. The van der Waals surface area contributed by atoms with Crippen molar-refractivity contribution in [3.05, 3.63) is 52.5 Å². The molecular weight excluding hydrogens is 352 g/mol. The van der Waals surface area contributed by atoms with Crippen LogP contribution in [0.15, 0.2) is 41.3 Å². The summed E-state index contributed by atoms with van der Waals surface area (Å²) in [6, 6.07) is 8.34. The zero-order valence-corrected chi connectivity index (χ0v) is 15.0. The van der Waals surface area contributed by atoms with Crippen LogP contribution in [0.25, 0.3) is 0 Å². The SMILES string of the molecule is COc1c(C)cc(S(=O)(=O)NC(=O)Nc2ccc(Cl)cc2)cc1C. The number of carbonyl (C=O) groups excluding carboxylic acids is 1. The van der Waals surface area contributed by atoms with Crippen molar-refractivity contribution in [1.82, 2.24) is 4.72 Å². The van der Waals surface area contributed by atoms with Gasteiger partial charge < -0.3 is 10.1 Å². The number of methoxy groups -OCH3 is 1. The summed E-state index contributed by atoms with van der Waals surface area (Å²) in [4.78, 5) is 11.9. The zero-order valence-electron chi connectivity index (χ0n) is 13.4. The number of rotatable bonds is 4. The molecule has 0 bridgehead atoms. The summed E-state index contributed by atoms with van der Waals surface area (Å²) in [5, 5.41) is 2.95. The number of amides is 2. The van der Waals surface area contributed by atoms with Gasteiger partial charge in [-0.25, -0.2) is 17.9 Å². The molecule has 0 saturated carbocycles. The van der Waals surface area contributed by atoms with Crippen molar-refractivity contribution in [1.29, 1.82) is 0 Å². The van der Waals surface area contributed by atoms with E-state index in [0.29, 0.717) is 27.6 Å². The molecule has 0 radical (unpaired) electrons. The number of aryl methyl sites for hydroxylation is 2. The second-order valence-corrected chi connectivity index (χ2v) is 7.28. The van der Waals surface area contributed by atoms with Crippen LogP contribution in [0.2, 0.25) is 5.02 Å². The first-order valence-corrected chi connectivity index (χ1v) is 8.83. The van der Waals surface area contributed by atoms with Crippen molar-refractivity contribution >= 4 is 33.3 Å². The molecule has 0 fully saturated rings. The highest BCUT2D eigenvalue weighted by molar-refractivity contribution is 7.90. The largest absolute Gasteiger partial charge is 0.496 e. The van der Waals surface area contributed by atoms with Crippen molar-refractivity contribution in [3.8, 4) is 5.75 Å². The Labute approximate surface area is 145 Å². The van der Waals surface area contributed by atoms with E-state index < -0.39 is 16.1 Å². The van der Waals surface area contributed by atoms with E-state index in [1.807, 2.05) is 4.72 Å². The highest BCUT2D eigenvalue weighted by Gasteiger charge is 2.20. The lowest BCUT2D eigenvalue weighted by molar-refractivity contribution is 0.256. The summed E-state index contributed by atoms with van der Waals surface area (Å²) >= 11 is 5.75. The fourth-order valence-corrected chi connectivity index (χ4v) is 3.46. The smallest absolute Gasteiger partial charge is 0.333 e. The molecule has 2 amide bonds. The van der Waals surface area contributed by atoms with E-state index >= 15 is 0 Å². The second-order valence-electron chi connectivity index (χ2n) is 5.16. The lowest BCUT2D eigenvalue weighted by Gasteiger charge is -2.13. The Hall–Kier alpha value is -2.25. The molecule has 24 heavy (non-hydrogen) atoms. The molecule has 128 valence electrons. The Balaban J connectivity index is 2.19. The molecular formula is C16H17ClN2O4S. The first-order valence-electron chi connectivity index (χ1n) is 6.97. The minimum absolute atomic E-state index is 0.00967. The van der Waals surface area contributed by atoms with Crippen molar-refractivity contribution in [2.24, 2.45) is 0 Å². The Morgan fingerprint density at radius 1 is 1.08 bits per heavy atom. The van der Waals surface area contributed by atoms with Gasteiger partial charge in [0.2, 0.25) is 0 Å². The molecule has 8 heteroatoms. The molecule has 2 aromatic carbocycles. The molecule has 2 N–H and O–H groups in total. The van der Waals surface area contributed by atoms with Gasteiger partial charge in [0.15, 0.2) is 0 Å². The Morgan fingerprint density at radius 2 is 1.62 bits per heavy atom. The van der Waals surface area contributed by atoms with Crippen LogP contribution in [0.5, 0.6) is 5.75 Å². The number of hydrogen-bond donors (Lipinski definition) is 2. The van der Waals surface area contributed by atoms with E-state index in [0.717, 1.165) is 0 Å². The van der Waals surface area contributed by atoms with Crippen LogP contribution < -0.4 is 14.8 Å². The molecule has 0 heterocycles. The Morgan fingerprint density at radius 3 is 2.12 bits per heavy atom. The van der Waals surface area contributed by atoms with E-state index in [1.54, 1.807) is 38.1 Å². The van der Waals surface area contributed by atoms with Crippen LogP contribution in [-0.4, -0.2) is 21.6 Å². The van der Waals surface area contributed by atoms with Crippen LogP contribution in [0.1, 0.15) is 11.1 Å². The van der Waals surface area contributed by atoms with E-state index in [1.165, 1.54) is 19.2 Å². The predicted octanol–water partition coefficient (Wildman–Crippen LogP) is 3.48. The van der Waals surface area contributed by atoms with Gasteiger partial charge in [-0.1, -0.05) is 11.6 Å². The summed E-state index contributed by atoms with van der Waals surface area (Å²) < 4.78 is 31.9. The average Bonchev–Trinajstić information content (AvgIpc) is 2.48. The second kappa shape index (κ2) is 7.11. The molecule has 2 aromatic rings. The number of halogens is 1.